The molecule has 5 nitrogen and oxygen atoms in total. The minimum absolute atomic E-state index is 0.0315. The van der Waals surface area contributed by atoms with Crippen LogP contribution in [0.4, 0.5) is 0 Å². The number of carbonyl (C=O) groups is 1. The third-order valence-corrected chi connectivity index (χ3v) is 4.51. The molecule has 0 radical (unpaired) electrons. The second-order valence-electron chi connectivity index (χ2n) is 5.67. The van der Waals surface area contributed by atoms with Gasteiger partial charge in [0, 0.05) is 11.6 Å². The van der Waals surface area contributed by atoms with Crippen molar-refractivity contribution in [2.45, 2.75) is 32.4 Å². The summed E-state index contributed by atoms with van der Waals surface area (Å²) in [5.74, 6) is 1.91. The second kappa shape index (κ2) is 7.30. The molecule has 0 N–H and O–H groups in total. The number of furan rings is 1. The highest BCUT2D eigenvalue weighted by atomic mass is 79.9. The number of hydrogen-bond donors (Lipinski definition) is 0. The van der Waals surface area contributed by atoms with Crippen molar-refractivity contribution >= 4 is 21.8 Å². The molecular weight excluding hydrogens is 374 g/mol. The Morgan fingerprint density at radius 2 is 2.21 bits per heavy atom. The van der Waals surface area contributed by atoms with E-state index in [0.29, 0.717) is 34.7 Å². The number of ether oxygens (including phenoxy) is 2. The first kappa shape index (κ1) is 16.9. The number of hydrogen-bond acceptors (Lipinski definition) is 4. The van der Waals surface area contributed by atoms with E-state index in [1.165, 1.54) is 0 Å². The maximum absolute atomic E-state index is 13.0. The molecule has 1 aromatic carbocycles. The quantitative estimate of drug-likeness (QED) is 0.705. The Bertz CT molecular complexity index is 710. The Morgan fingerprint density at radius 3 is 2.79 bits per heavy atom. The van der Waals surface area contributed by atoms with Crippen LogP contribution < -0.4 is 9.47 Å². The van der Waals surface area contributed by atoms with Crippen molar-refractivity contribution in [2.75, 3.05) is 13.7 Å². The molecule has 0 saturated heterocycles. The number of carbonyl (C=O) groups excluding carboxylic acids is 1. The molecule has 1 heterocycles. The molecule has 1 saturated carbocycles. The molecule has 0 bridgehead atoms. The van der Waals surface area contributed by atoms with E-state index in [2.05, 4.69) is 15.9 Å². The topological polar surface area (TPSA) is 51.9 Å². The molecule has 1 aliphatic rings. The highest BCUT2D eigenvalue weighted by Crippen LogP contribution is 2.38. The number of amides is 1. The first-order chi connectivity index (χ1) is 11.6. The zero-order valence-corrected chi connectivity index (χ0v) is 15.3. The Balaban J connectivity index is 1.88. The monoisotopic (exact) mass is 393 g/mol. The van der Waals surface area contributed by atoms with Gasteiger partial charge in [-0.05, 0) is 60.0 Å². The van der Waals surface area contributed by atoms with Crippen LogP contribution in [-0.4, -0.2) is 30.6 Å². The molecule has 6 heteroatoms. The van der Waals surface area contributed by atoms with E-state index in [4.69, 9.17) is 13.9 Å². The van der Waals surface area contributed by atoms with Gasteiger partial charge in [0.25, 0.3) is 5.91 Å². The number of halogens is 1. The minimum Gasteiger partial charge on any atom is -0.493 e. The SMILES string of the molecule is CCOc1c(Br)cc(C(=O)N(Cc2ccco2)C2CC2)cc1OC. The molecule has 0 unspecified atom stereocenters. The van der Waals surface area contributed by atoms with Crippen molar-refractivity contribution in [3.63, 3.8) is 0 Å². The summed E-state index contributed by atoms with van der Waals surface area (Å²) in [6.07, 6.45) is 3.69. The summed E-state index contributed by atoms with van der Waals surface area (Å²) in [7, 11) is 1.57. The van der Waals surface area contributed by atoms with Gasteiger partial charge in [-0.15, -0.1) is 0 Å². The van der Waals surface area contributed by atoms with Gasteiger partial charge >= 0.3 is 0 Å². The molecule has 0 spiro atoms. The zero-order valence-electron chi connectivity index (χ0n) is 13.8. The van der Waals surface area contributed by atoms with Gasteiger partial charge in [0.1, 0.15) is 5.76 Å². The Hall–Kier alpha value is -1.95. The second-order valence-corrected chi connectivity index (χ2v) is 6.52. The molecule has 1 aliphatic carbocycles. The number of nitrogens with zero attached hydrogens (tertiary/aromatic N) is 1. The smallest absolute Gasteiger partial charge is 0.254 e. The summed E-state index contributed by atoms with van der Waals surface area (Å²) >= 11 is 3.48. The third kappa shape index (κ3) is 3.59. The van der Waals surface area contributed by atoms with Crippen LogP contribution in [0.2, 0.25) is 0 Å². The maximum atomic E-state index is 13.0. The molecule has 24 heavy (non-hydrogen) atoms. The zero-order chi connectivity index (χ0) is 17.1. The van der Waals surface area contributed by atoms with Gasteiger partial charge in [-0.25, -0.2) is 0 Å². The van der Waals surface area contributed by atoms with Gasteiger partial charge in [-0.3, -0.25) is 4.79 Å². The lowest BCUT2D eigenvalue weighted by atomic mass is 10.1. The van der Waals surface area contributed by atoms with E-state index >= 15 is 0 Å². The van der Waals surface area contributed by atoms with Gasteiger partial charge in [-0.1, -0.05) is 0 Å². The van der Waals surface area contributed by atoms with Crippen LogP contribution in [0, 0.1) is 0 Å². The van der Waals surface area contributed by atoms with Gasteiger partial charge in [0.2, 0.25) is 0 Å². The van der Waals surface area contributed by atoms with Crippen LogP contribution in [0.5, 0.6) is 11.5 Å². The minimum atomic E-state index is -0.0315. The van der Waals surface area contributed by atoms with Gasteiger partial charge in [0.15, 0.2) is 11.5 Å². The van der Waals surface area contributed by atoms with Crippen molar-refractivity contribution in [3.05, 3.63) is 46.3 Å². The van der Waals surface area contributed by atoms with Crippen LogP contribution >= 0.6 is 15.9 Å². The van der Waals surface area contributed by atoms with Gasteiger partial charge in [-0.2, -0.15) is 0 Å². The molecule has 0 atom stereocenters. The summed E-state index contributed by atoms with van der Waals surface area (Å²) in [6.45, 7) is 2.90. The number of methoxy groups -OCH3 is 1. The molecule has 2 aromatic rings. The Kier molecular flexibility index (Phi) is 5.14. The van der Waals surface area contributed by atoms with Crippen molar-refractivity contribution in [1.29, 1.82) is 0 Å². The van der Waals surface area contributed by atoms with Crippen molar-refractivity contribution in [1.82, 2.24) is 4.90 Å². The van der Waals surface area contributed by atoms with Crippen molar-refractivity contribution in [3.8, 4) is 11.5 Å². The average molecular weight is 394 g/mol. The summed E-state index contributed by atoms with van der Waals surface area (Å²) in [5.41, 5.74) is 0.570. The van der Waals surface area contributed by atoms with E-state index in [1.54, 1.807) is 25.5 Å². The van der Waals surface area contributed by atoms with E-state index < -0.39 is 0 Å². The van der Waals surface area contributed by atoms with Crippen molar-refractivity contribution < 1.29 is 18.7 Å². The first-order valence-electron chi connectivity index (χ1n) is 7.97. The molecule has 1 aromatic heterocycles. The molecule has 0 aliphatic heterocycles. The lowest BCUT2D eigenvalue weighted by Gasteiger charge is -2.22. The van der Waals surface area contributed by atoms with Crippen molar-refractivity contribution in [2.24, 2.45) is 0 Å². The number of rotatable bonds is 7. The standard InChI is InChI=1S/C18H20BrNO4/c1-3-23-17-15(19)9-12(10-16(17)22-2)18(21)20(13-6-7-13)11-14-5-4-8-24-14/h4-5,8-10,13H,3,6-7,11H2,1-2H3. The lowest BCUT2D eigenvalue weighted by molar-refractivity contribution is 0.0717. The highest BCUT2D eigenvalue weighted by molar-refractivity contribution is 9.10. The predicted molar refractivity (Wildman–Crippen MR) is 93.5 cm³/mol. The molecular formula is C18H20BrNO4. The maximum Gasteiger partial charge on any atom is 0.254 e. The fourth-order valence-corrected chi connectivity index (χ4v) is 3.17. The molecule has 1 amide bonds. The normalized spacial score (nSPS) is 13.6. The average Bonchev–Trinajstić information content (AvgIpc) is 3.29. The van der Waals surface area contributed by atoms with Crippen LogP contribution in [0.25, 0.3) is 0 Å². The molecule has 128 valence electrons. The summed E-state index contributed by atoms with van der Waals surface area (Å²) < 4.78 is 17.1. The Morgan fingerprint density at radius 1 is 1.42 bits per heavy atom. The highest BCUT2D eigenvalue weighted by Gasteiger charge is 2.34. The molecule has 3 rings (SSSR count). The van der Waals surface area contributed by atoms with E-state index in [-0.39, 0.29) is 11.9 Å². The lowest BCUT2D eigenvalue weighted by Crippen LogP contribution is -2.32. The number of benzene rings is 1. The first-order valence-corrected chi connectivity index (χ1v) is 8.77. The van der Waals surface area contributed by atoms with Gasteiger partial charge in [0.05, 0.1) is 31.0 Å². The predicted octanol–water partition coefficient (Wildman–Crippen LogP) is 4.25. The van der Waals surface area contributed by atoms with Crippen LogP contribution in [-0.2, 0) is 6.54 Å². The third-order valence-electron chi connectivity index (χ3n) is 3.92. The van der Waals surface area contributed by atoms with E-state index in [1.807, 2.05) is 24.0 Å². The fourth-order valence-electron chi connectivity index (χ4n) is 2.62. The largest absolute Gasteiger partial charge is 0.493 e. The van der Waals surface area contributed by atoms with E-state index in [0.717, 1.165) is 18.6 Å². The summed E-state index contributed by atoms with van der Waals surface area (Å²) in [5, 5.41) is 0. The molecule has 1 fully saturated rings. The van der Waals surface area contributed by atoms with Crippen LogP contribution in [0.1, 0.15) is 35.9 Å². The Labute approximate surface area is 149 Å². The summed E-state index contributed by atoms with van der Waals surface area (Å²) in [4.78, 5) is 14.9. The van der Waals surface area contributed by atoms with Crippen LogP contribution in [0.3, 0.4) is 0 Å². The summed E-state index contributed by atoms with van der Waals surface area (Å²) in [6, 6.07) is 7.51. The van der Waals surface area contributed by atoms with Crippen LogP contribution in [0.15, 0.2) is 39.4 Å². The fraction of sp³-hybridized carbons (Fsp3) is 0.389. The van der Waals surface area contributed by atoms with Gasteiger partial charge < -0.3 is 18.8 Å². The van der Waals surface area contributed by atoms with E-state index in [9.17, 15) is 4.79 Å².